The molecule has 2 aromatic carbocycles. The van der Waals surface area contributed by atoms with Crippen molar-refractivity contribution in [1.82, 2.24) is 0 Å². The van der Waals surface area contributed by atoms with Crippen LogP contribution in [-0.4, -0.2) is 6.11 Å². The molecule has 0 atom stereocenters. The van der Waals surface area contributed by atoms with E-state index in [0.29, 0.717) is 11.5 Å². The topological polar surface area (TPSA) is 9.23 Å². The molecule has 1 aliphatic carbocycles. The molecule has 0 amide bonds. The van der Waals surface area contributed by atoms with Gasteiger partial charge in [0.05, 0.1) is 13.0 Å². The van der Waals surface area contributed by atoms with E-state index in [1.54, 1.807) is 12.1 Å². The van der Waals surface area contributed by atoms with Gasteiger partial charge in [-0.1, -0.05) is 66.8 Å². The lowest BCUT2D eigenvalue weighted by Gasteiger charge is -2.28. The summed E-state index contributed by atoms with van der Waals surface area (Å²) in [7, 11) is 0. The summed E-state index contributed by atoms with van der Waals surface area (Å²) in [6.45, 7) is 5.71. The van der Waals surface area contributed by atoms with Gasteiger partial charge < -0.3 is 4.74 Å². The highest BCUT2D eigenvalue weighted by molar-refractivity contribution is 5.26. The number of halogens is 2. The third-order valence-corrected chi connectivity index (χ3v) is 6.80. The average molecular weight is 453 g/mol. The van der Waals surface area contributed by atoms with Crippen LogP contribution in [0.4, 0.5) is 8.78 Å². The lowest BCUT2D eigenvalue weighted by atomic mass is 9.77. The maximum Gasteiger partial charge on any atom is 0.360 e. The van der Waals surface area contributed by atoms with Crippen LogP contribution < -0.4 is 0 Å². The van der Waals surface area contributed by atoms with Crippen LogP contribution in [0.1, 0.15) is 80.0 Å². The molecule has 3 heteroatoms. The van der Waals surface area contributed by atoms with Crippen LogP contribution >= 0.6 is 0 Å². The first kappa shape index (κ1) is 25.4. The van der Waals surface area contributed by atoms with E-state index in [9.17, 15) is 8.78 Å². The van der Waals surface area contributed by atoms with Gasteiger partial charge in [-0.15, -0.1) is 6.58 Å². The molecule has 1 fully saturated rings. The fourth-order valence-corrected chi connectivity index (χ4v) is 4.74. The van der Waals surface area contributed by atoms with Crippen molar-refractivity contribution in [2.75, 3.05) is 0 Å². The molecule has 33 heavy (non-hydrogen) atoms. The van der Waals surface area contributed by atoms with E-state index >= 15 is 0 Å². The Labute approximate surface area is 198 Å². The molecule has 0 bridgehead atoms. The van der Waals surface area contributed by atoms with Crippen LogP contribution in [0.2, 0.25) is 0 Å². The minimum absolute atomic E-state index is 0.0810. The number of ether oxygens (including phenoxy) is 1. The quantitative estimate of drug-likeness (QED) is 0.292. The van der Waals surface area contributed by atoms with E-state index in [2.05, 4.69) is 37.8 Å². The molecule has 178 valence electrons. The molecular weight excluding hydrogens is 414 g/mol. The molecule has 0 aromatic heterocycles. The molecule has 0 heterocycles. The molecule has 0 spiro atoms. The van der Waals surface area contributed by atoms with Gasteiger partial charge in [-0.3, -0.25) is 0 Å². The van der Waals surface area contributed by atoms with E-state index in [0.717, 1.165) is 29.9 Å². The van der Waals surface area contributed by atoms with E-state index < -0.39 is 12.5 Å². The summed E-state index contributed by atoms with van der Waals surface area (Å²) in [4.78, 5) is 0. The Bertz CT molecular complexity index is 859. The fourth-order valence-electron chi connectivity index (χ4n) is 4.74. The SMILES string of the molecule is C=CCCc1ccc(CC(F)(F)OCc2ccc(C3CCC(CC/C=C/C)CC3)cc2)cc1. The Morgan fingerprint density at radius 3 is 2.18 bits per heavy atom. The van der Waals surface area contributed by atoms with Gasteiger partial charge in [0.25, 0.3) is 0 Å². The Morgan fingerprint density at radius 1 is 0.909 bits per heavy atom. The zero-order valence-corrected chi connectivity index (χ0v) is 19.9. The molecule has 0 radical (unpaired) electrons. The number of hydrogen-bond acceptors (Lipinski definition) is 1. The molecule has 0 unspecified atom stereocenters. The second kappa shape index (κ2) is 12.8. The summed E-state index contributed by atoms with van der Waals surface area (Å²) >= 11 is 0. The van der Waals surface area contributed by atoms with E-state index in [4.69, 9.17) is 4.74 Å². The van der Waals surface area contributed by atoms with Crippen LogP contribution in [0, 0.1) is 5.92 Å². The van der Waals surface area contributed by atoms with Gasteiger partial charge in [-0.25, -0.2) is 0 Å². The minimum atomic E-state index is -3.19. The van der Waals surface area contributed by atoms with Gasteiger partial charge >= 0.3 is 6.11 Å². The summed E-state index contributed by atoms with van der Waals surface area (Å²) in [5.41, 5.74) is 3.83. The molecule has 0 aliphatic heterocycles. The van der Waals surface area contributed by atoms with Crippen molar-refractivity contribution in [3.05, 3.63) is 95.6 Å². The summed E-state index contributed by atoms with van der Waals surface area (Å²) in [6, 6.07) is 15.4. The van der Waals surface area contributed by atoms with E-state index in [1.807, 2.05) is 30.3 Å². The molecule has 0 N–H and O–H groups in total. The minimum Gasteiger partial charge on any atom is -0.315 e. The van der Waals surface area contributed by atoms with E-state index in [1.165, 1.54) is 44.1 Å². The highest BCUT2D eigenvalue weighted by Crippen LogP contribution is 2.37. The monoisotopic (exact) mass is 452 g/mol. The summed E-state index contributed by atoms with van der Waals surface area (Å²) in [5.74, 6) is 1.43. The smallest absolute Gasteiger partial charge is 0.315 e. The largest absolute Gasteiger partial charge is 0.360 e. The number of rotatable bonds is 12. The van der Waals surface area contributed by atoms with E-state index in [-0.39, 0.29) is 6.61 Å². The predicted molar refractivity (Wildman–Crippen MR) is 134 cm³/mol. The first-order valence-electron chi connectivity index (χ1n) is 12.4. The second-order valence-corrected chi connectivity index (χ2v) is 9.35. The van der Waals surface area contributed by atoms with Crippen molar-refractivity contribution in [3.63, 3.8) is 0 Å². The third kappa shape index (κ3) is 8.55. The van der Waals surface area contributed by atoms with Gasteiger partial charge in [0, 0.05) is 0 Å². The molecule has 2 aromatic rings. The zero-order valence-electron chi connectivity index (χ0n) is 19.9. The Morgan fingerprint density at radius 2 is 1.55 bits per heavy atom. The lowest BCUT2D eigenvalue weighted by Crippen LogP contribution is -2.23. The first-order valence-corrected chi connectivity index (χ1v) is 12.4. The van der Waals surface area contributed by atoms with Gasteiger partial charge in [-0.2, -0.15) is 8.78 Å². The van der Waals surface area contributed by atoms with Crippen molar-refractivity contribution in [2.24, 2.45) is 5.92 Å². The molecule has 1 nitrogen and oxygen atoms in total. The normalized spacial score (nSPS) is 19.1. The van der Waals surface area contributed by atoms with Gasteiger partial charge in [0.2, 0.25) is 0 Å². The van der Waals surface area contributed by atoms with Crippen molar-refractivity contribution in [3.8, 4) is 0 Å². The van der Waals surface area contributed by atoms with Crippen LogP contribution in [0.5, 0.6) is 0 Å². The summed E-state index contributed by atoms with van der Waals surface area (Å²) in [6.07, 6.45) is 11.9. The Kier molecular flexibility index (Phi) is 9.87. The van der Waals surface area contributed by atoms with Crippen molar-refractivity contribution >= 4 is 0 Å². The number of benzene rings is 2. The molecule has 3 rings (SSSR count). The third-order valence-electron chi connectivity index (χ3n) is 6.80. The van der Waals surface area contributed by atoms with Crippen molar-refractivity contribution in [2.45, 2.75) is 83.3 Å². The van der Waals surface area contributed by atoms with Crippen molar-refractivity contribution in [1.29, 1.82) is 0 Å². The van der Waals surface area contributed by atoms with Crippen molar-refractivity contribution < 1.29 is 13.5 Å². The van der Waals surface area contributed by atoms with Crippen LogP contribution in [0.25, 0.3) is 0 Å². The maximum absolute atomic E-state index is 14.4. The maximum atomic E-state index is 14.4. The fraction of sp³-hybridized carbons (Fsp3) is 0.467. The van der Waals surface area contributed by atoms with Gasteiger partial charge in [0.1, 0.15) is 0 Å². The van der Waals surface area contributed by atoms with Gasteiger partial charge in [-0.05, 0) is 92.4 Å². The highest BCUT2D eigenvalue weighted by Gasteiger charge is 2.30. The average Bonchev–Trinajstić information content (AvgIpc) is 2.83. The van der Waals surface area contributed by atoms with Crippen LogP contribution in [0.3, 0.4) is 0 Å². The molecular formula is C30H38F2O. The molecule has 1 saturated carbocycles. The molecule has 0 saturated heterocycles. The first-order chi connectivity index (χ1) is 16.0. The van der Waals surface area contributed by atoms with Crippen LogP contribution in [0.15, 0.2) is 73.3 Å². The number of alkyl halides is 2. The van der Waals surface area contributed by atoms with Crippen LogP contribution in [-0.2, 0) is 24.2 Å². The Hall–Kier alpha value is -2.26. The summed E-state index contributed by atoms with van der Waals surface area (Å²) in [5, 5.41) is 0. The standard InChI is InChI=1S/C30H38F2O/c1-3-5-7-9-25-14-18-28(19-15-25)29-20-16-27(17-21-29)23-33-30(31,32)22-26-12-10-24(11-13-26)8-6-4-2/h3-5,10-13,16-17,20-21,25,28H,2,6-9,14-15,18-19,22-23H2,1H3/b5-3+. The number of hydrogen-bond donors (Lipinski definition) is 0. The zero-order chi connectivity index (χ0) is 23.5. The number of aryl methyl sites for hydroxylation is 1. The molecule has 1 aliphatic rings. The number of allylic oxidation sites excluding steroid dienone is 3. The second-order valence-electron chi connectivity index (χ2n) is 9.35. The highest BCUT2D eigenvalue weighted by atomic mass is 19.3. The lowest BCUT2D eigenvalue weighted by molar-refractivity contribution is -0.244. The Balaban J connectivity index is 1.44. The van der Waals surface area contributed by atoms with Gasteiger partial charge in [0.15, 0.2) is 0 Å². The summed E-state index contributed by atoms with van der Waals surface area (Å²) < 4.78 is 33.8. The predicted octanol–water partition coefficient (Wildman–Crippen LogP) is 8.79.